The molecule has 4 nitrogen and oxygen atoms in total. The number of aromatic nitrogens is 2. The molecule has 0 spiro atoms. The lowest BCUT2D eigenvalue weighted by atomic mass is 10.0. The maximum atomic E-state index is 6.19. The Morgan fingerprint density at radius 1 is 1.00 bits per heavy atom. The molecule has 0 aliphatic rings. The molecule has 0 aliphatic carbocycles. The van der Waals surface area contributed by atoms with E-state index in [2.05, 4.69) is 23.8 Å². The summed E-state index contributed by atoms with van der Waals surface area (Å²) in [6.07, 6.45) is 1.45. The molecule has 0 amide bonds. The van der Waals surface area contributed by atoms with E-state index in [0.29, 0.717) is 33.3 Å². The standard InChI is InChI=1S/C19H18ClN3OS/c1-12(2)13-3-7-15(8-4-13)24-18-17(21)19(23-11-22-18)25-16-9-5-14(20)6-10-16/h3-12H,21H2,1-2H3. The smallest absolute Gasteiger partial charge is 0.247 e. The number of nitrogens with zero attached hydrogens (tertiary/aromatic N) is 2. The highest BCUT2D eigenvalue weighted by atomic mass is 35.5. The number of nitrogens with two attached hydrogens (primary N) is 1. The number of hydrogen-bond acceptors (Lipinski definition) is 5. The van der Waals surface area contributed by atoms with Gasteiger partial charge in [0.25, 0.3) is 0 Å². The van der Waals surface area contributed by atoms with Gasteiger partial charge in [0.2, 0.25) is 5.88 Å². The van der Waals surface area contributed by atoms with Crippen molar-refractivity contribution in [2.24, 2.45) is 0 Å². The fourth-order valence-corrected chi connectivity index (χ4v) is 3.09. The first-order valence-electron chi connectivity index (χ1n) is 7.84. The highest BCUT2D eigenvalue weighted by Gasteiger charge is 2.12. The number of hydrogen-bond donors (Lipinski definition) is 1. The van der Waals surface area contributed by atoms with Crippen molar-refractivity contribution in [2.75, 3.05) is 5.73 Å². The molecule has 25 heavy (non-hydrogen) atoms. The lowest BCUT2D eigenvalue weighted by Gasteiger charge is -2.11. The van der Waals surface area contributed by atoms with Gasteiger partial charge in [0.1, 0.15) is 22.8 Å². The van der Waals surface area contributed by atoms with Crippen LogP contribution in [0.2, 0.25) is 5.02 Å². The molecule has 0 aliphatic heterocycles. The maximum Gasteiger partial charge on any atom is 0.247 e. The summed E-state index contributed by atoms with van der Waals surface area (Å²) in [6, 6.07) is 15.4. The Labute approximate surface area is 156 Å². The van der Waals surface area contributed by atoms with Crippen molar-refractivity contribution in [3.8, 4) is 11.6 Å². The van der Waals surface area contributed by atoms with Crippen molar-refractivity contribution in [3.63, 3.8) is 0 Å². The molecule has 0 fully saturated rings. The second kappa shape index (κ2) is 7.76. The summed E-state index contributed by atoms with van der Waals surface area (Å²) in [7, 11) is 0. The largest absolute Gasteiger partial charge is 0.437 e. The van der Waals surface area contributed by atoms with Crippen LogP contribution < -0.4 is 10.5 Å². The minimum atomic E-state index is 0.351. The highest BCUT2D eigenvalue weighted by Crippen LogP contribution is 2.36. The van der Waals surface area contributed by atoms with Crippen molar-refractivity contribution in [1.82, 2.24) is 9.97 Å². The SMILES string of the molecule is CC(C)c1ccc(Oc2ncnc(Sc3ccc(Cl)cc3)c2N)cc1. The van der Waals surface area contributed by atoms with Crippen LogP contribution in [0.25, 0.3) is 0 Å². The first-order valence-corrected chi connectivity index (χ1v) is 9.04. The number of nitrogen functional groups attached to an aromatic ring is 1. The molecule has 0 saturated heterocycles. The van der Waals surface area contributed by atoms with E-state index in [9.17, 15) is 0 Å². The van der Waals surface area contributed by atoms with E-state index in [1.807, 2.05) is 48.5 Å². The first kappa shape index (κ1) is 17.6. The molecule has 3 aromatic rings. The zero-order valence-electron chi connectivity index (χ0n) is 13.9. The monoisotopic (exact) mass is 371 g/mol. The van der Waals surface area contributed by atoms with Gasteiger partial charge < -0.3 is 10.5 Å². The third-order valence-corrected chi connectivity index (χ3v) is 4.88. The number of halogens is 1. The average Bonchev–Trinajstić information content (AvgIpc) is 2.61. The molecule has 0 atom stereocenters. The zero-order chi connectivity index (χ0) is 17.8. The van der Waals surface area contributed by atoms with Crippen LogP contribution in [0, 0.1) is 0 Å². The summed E-state index contributed by atoms with van der Waals surface area (Å²) in [5.41, 5.74) is 7.85. The third-order valence-electron chi connectivity index (χ3n) is 3.60. The van der Waals surface area contributed by atoms with Gasteiger partial charge in [0, 0.05) is 9.92 Å². The van der Waals surface area contributed by atoms with E-state index in [-0.39, 0.29) is 0 Å². The van der Waals surface area contributed by atoms with Crippen LogP contribution in [0.4, 0.5) is 5.69 Å². The molecule has 2 N–H and O–H groups in total. The van der Waals surface area contributed by atoms with Crippen LogP contribution in [0.15, 0.2) is 64.8 Å². The topological polar surface area (TPSA) is 61.0 Å². The Balaban J connectivity index is 1.79. The van der Waals surface area contributed by atoms with Crippen molar-refractivity contribution in [3.05, 3.63) is 65.4 Å². The second-order valence-corrected chi connectivity index (χ2v) is 7.28. The number of rotatable bonds is 5. The number of ether oxygens (including phenoxy) is 1. The van der Waals surface area contributed by atoms with Gasteiger partial charge in [-0.15, -0.1) is 0 Å². The van der Waals surface area contributed by atoms with Crippen molar-refractivity contribution in [1.29, 1.82) is 0 Å². The van der Waals surface area contributed by atoms with Crippen LogP contribution in [-0.4, -0.2) is 9.97 Å². The Morgan fingerprint density at radius 3 is 2.32 bits per heavy atom. The molecule has 0 radical (unpaired) electrons. The molecule has 128 valence electrons. The minimum absolute atomic E-state index is 0.351. The van der Waals surface area contributed by atoms with E-state index in [1.54, 1.807) is 0 Å². The molecule has 6 heteroatoms. The normalized spacial score (nSPS) is 10.9. The van der Waals surface area contributed by atoms with Crippen LogP contribution in [0.5, 0.6) is 11.6 Å². The van der Waals surface area contributed by atoms with E-state index in [1.165, 1.54) is 23.7 Å². The lowest BCUT2D eigenvalue weighted by Crippen LogP contribution is -1.99. The summed E-state index contributed by atoms with van der Waals surface area (Å²) in [5.74, 6) is 1.52. The van der Waals surface area contributed by atoms with Gasteiger partial charge in [0.15, 0.2) is 0 Å². The van der Waals surface area contributed by atoms with Gasteiger partial charge in [-0.25, -0.2) is 4.98 Å². The molecule has 1 aromatic heterocycles. The van der Waals surface area contributed by atoms with E-state index >= 15 is 0 Å². The molecule has 0 bridgehead atoms. The first-order chi connectivity index (χ1) is 12.0. The Hall–Kier alpha value is -2.24. The molecular weight excluding hydrogens is 354 g/mol. The van der Waals surface area contributed by atoms with Crippen molar-refractivity contribution in [2.45, 2.75) is 29.7 Å². The van der Waals surface area contributed by atoms with Gasteiger partial charge >= 0.3 is 0 Å². The van der Waals surface area contributed by atoms with Gasteiger partial charge in [-0.3, -0.25) is 0 Å². The predicted octanol–water partition coefficient (Wildman–Crippen LogP) is 5.78. The minimum Gasteiger partial charge on any atom is -0.437 e. The Morgan fingerprint density at radius 2 is 1.68 bits per heavy atom. The van der Waals surface area contributed by atoms with E-state index < -0.39 is 0 Å². The molecule has 2 aromatic carbocycles. The summed E-state index contributed by atoms with van der Waals surface area (Å²) >= 11 is 7.35. The quantitative estimate of drug-likeness (QED) is 0.576. The summed E-state index contributed by atoms with van der Waals surface area (Å²) in [4.78, 5) is 9.39. The van der Waals surface area contributed by atoms with Gasteiger partial charge in [-0.1, -0.05) is 49.3 Å². The average molecular weight is 372 g/mol. The highest BCUT2D eigenvalue weighted by molar-refractivity contribution is 7.99. The molecule has 0 unspecified atom stereocenters. The van der Waals surface area contributed by atoms with Crippen molar-refractivity contribution >= 4 is 29.1 Å². The summed E-state index contributed by atoms with van der Waals surface area (Å²) < 4.78 is 5.83. The van der Waals surface area contributed by atoms with Crippen LogP contribution in [-0.2, 0) is 0 Å². The molecular formula is C19H18ClN3OS. The lowest BCUT2D eigenvalue weighted by molar-refractivity contribution is 0.462. The third kappa shape index (κ3) is 4.44. The fourth-order valence-electron chi connectivity index (χ4n) is 2.17. The molecule has 0 saturated carbocycles. The summed E-state index contributed by atoms with van der Waals surface area (Å²) in [5, 5.41) is 1.33. The Kier molecular flexibility index (Phi) is 5.46. The van der Waals surface area contributed by atoms with Crippen LogP contribution in [0.3, 0.4) is 0 Å². The van der Waals surface area contributed by atoms with Gasteiger partial charge in [-0.2, -0.15) is 4.98 Å². The maximum absolute atomic E-state index is 6.19. The second-order valence-electron chi connectivity index (χ2n) is 5.78. The zero-order valence-corrected chi connectivity index (χ0v) is 15.5. The van der Waals surface area contributed by atoms with Crippen molar-refractivity contribution < 1.29 is 4.74 Å². The molecule has 3 rings (SSSR count). The van der Waals surface area contributed by atoms with Crippen LogP contribution >= 0.6 is 23.4 Å². The number of benzene rings is 2. The van der Waals surface area contributed by atoms with Gasteiger partial charge in [0.05, 0.1) is 0 Å². The van der Waals surface area contributed by atoms with E-state index in [0.717, 1.165) is 4.90 Å². The predicted molar refractivity (Wildman–Crippen MR) is 103 cm³/mol. The van der Waals surface area contributed by atoms with Gasteiger partial charge in [-0.05, 0) is 47.9 Å². The number of anilines is 1. The fraction of sp³-hybridized carbons (Fsp3) is 0.158. The van der Waals surface area contributed by atoms with E-state index in [4.69, 9.17) is 22.1 Å². The summed E-state index contributed by atoms with van der Waals surface area (Å²) in [6.45, 7) is 4.30. The Bertz CT molecular complexity index is 852. The molecule has 1 heterocycles. The van der Waals surface area contributed by atoms with Crippen LogP contribution in [0.1, 0.15) is 25.3 Å².